The fourth-order valence-corrected chi connectivity index (χ4v) is 2.07. The predicted octanol–water partition coefficient (Wildman–Crippen LogP) is 1.72. The Morgan fingerprint density at radius 1 is 1.55 bits per heavy atom. The molecule has 108 valence electrons. The highest BCUT2D eigenvalue weighted by molar-refractivity contribution is 7.80. The van der Waals surface area contributed by atoms with Crippen molar-refractivity contribution in [3.05, 3.63) is 24.3 Å². The standard InChI is InChI=1S/C14H18N2O3S/c15-13(20)9-19-12-5-1-4-11(7-12)16-14(17)10-3-2-6-18-8-10/h1,4-5,7,10H,2-3,6,8-9H2,(H2,15,20)(H,16,17). The number of thiocarbonyl (C=S) groups is 1. The van der Waals surface area contributed by atoms with Gasteiger partial charge in [-0.2, -0.15) is 0 Å². The molecule has 2 rings (SSSR count). The Hall–Kier alpha value is -1.66. The molecule has 3 N–H and O–H groups in total. The van der Waals surface area contributed by atoms with Crippen LogP contribution in [-0.4, -0.2) is 30.7 Å². The molecule has 1 fully saturated rings. The van der Waals surface area contributed by atoms with Crippen molar-refractivity contribution in [1.29, 1.82) is 0 Å². The number of hydrogen-bond acceptors (Lipinski definition) is 4. The Kier molecular flexibility index (Phi) is 5.31. The topological polar surface area (TPSA) is 73.6 Å². The summed E-state index contributed by atoms with van der Waals surface area (Å²) < 4.78 is 10.7. The van der Waals surface area contributed by atoms with E-state index in [9.17, 15) is 4.79 Å². The van der Waals surface area contributed by atoms with Gasteiger partial charge in [0.05, 0.1) is 12.5 Å². The number of carbonyl (C=O) groups excluding carboxylic acids is 1. The molecule has 5 nitrogen and oxygen atoms in total. The number of hydrogen-bond donors (Lipinski definition) is 2. The molecule has 1 aliphatic heterocycles. The Morgan fingerprint density at radius 3 is 3.10 bits per heavy atom. The zero-order valence-corrected chi connectivity index (χ0v) is 11.9. The van der Waals surface area contributed by atoms with E-state index in [-0.39, 0.29) is 18.4 Å². The highest BCUT2D eigenvalue weighted by atomic mass is 32.1. The van der Waals surface area contributed by atoms with Crippen molar-refractivity contribution in [1.82, 2.24) is 0 Å². The SMILES string of the molecule is NC(=S)COc1cccc(NC(=O)C2CCCOC2)c1. The summed E-state index contributed by atoms with van der Waals surface area (Å²) in [5.74, 6) is 0.525. The molecular weight excluding hydrogens is 276 g/mol. The molecule has 0 bridgehead atoms. The van der Waals surface area contributed by atoms with Gasteiger partial charge < -0.3 is 20.5 Å². The zero-order valence-electron chi connectivity index (χ0n) is 11.1. The van der Waals surface area contributed by atoms with Crippen LogP contribution in [0.1, 0.15) is 12.8 Å². The van der Waals surface area contributed by atoms with Crippen LogP contribution >= 0.6 is 12.2 Å². The molecule has 0 spiro atoms. The van der Waals surface area contributed by atoms with Crippen LogP contribution in [0.5, 0.6) is 5.75 Å². The monoisotopic (exact) mass is 294 g/mol. The summed E-state index contributed by atoms with van der Waals surface area (Å²) in [6, 6.07) is 7.16. The smallest absolute Gasteiger partial charge is 0.229 e. The second-order valence-electron chi connectivity index (χ2n) is 4.69. The second-order valence-corrected chi connectivity index (χ2v) is 5.21. The van der Waals surface area contributed by atoms with Gasteiger partial charge >= 0.3 is 0 Å². The van der Waals surface area contributed by atoms with Crippen LogP contribution in [0.15, 0.2) is 24.3 Å². The maximum absolute atomic E-state index is 12.1. The molecule has 1 saturated heterocycles. The maximum atomic E-state index is 12.1. The van der Waals surface area contributed by atoms with Crippen molar-refractivity contribution >= 4 is 28.8 Å². The van der Waals surface area contributed by atoms with Crippen LogP contribution in [0.2, 0.25) is 0 Å². The summed E-state index contributed by atoms with van der Waals surface area (Å²) >= 11 is 4.75. The summed E-state index contributed by atoms with van der Waals surface area (Å²) in [6.07, 6.45) is 1.79. The van der Waals surface area contributed by atoms with Gasteiger partial charge in [-0.05, 0) is 25.0 Å². The molecule has 0 aromatic heterocycles. The Morgan fingerprint density at radius 2 is 2.40 bits per heavy atom. The molecule has 1 aromatic rings. The second kappa shape index (κ2) is 7.21. The van der Waals surface area contributed by atoms with E-state index in [1.165, 1.54) is 0 Å². The molecule has 0 radical (unpaired) electrons. The van der Waals surface area contributed by atoms with E-state index in [0.717, 1.165) is 19.4 Å². The van der Waals surface area contributed by atoms with E-state index in [1.807, 2.05) is 12.1 Å². The third-order valence-electron chi connectivity index (χ3n) is 3.01. The largest absolute Gasteiger partial charge is 0.486 e. The van der Waals surface area contributed by atoms with E-state index < -0.39 is 0 Å². The number of ether oxygens (including phenoxy) is 2. The third kappa shape index (κ3) is 4.47. The van der Waals surface area contributed by atoms with Crippen LogP contribution < -0.4 is 15.8 Å². The van der Waals surface area contributed by atoms with E-state index in [2.05, 4.69) is 5.32 Å². The first-order valence-corrected chi connectivity index (χ1v) is 6.96. The average molecular weight is 294 g/mol. The van der Waals surface area contributed by atoms with E-state index in [0.29, 0.717) is 23.0 Å². The predicted molar refractivity (Wildman–Crippen MR) is 80.9 cm³/mol. The fourth-order valence-electron chi connectivity index (χ4n) is 2.01. The number of carbonyl (C=O) groups is 1. The van der Waals surface area contributed by atoms with Gasteiger partial charge in [-0.3, -0.25) is 4.79 Å². The molecule has 20 heavy (non-hydrogen) atoms. The lowest BCUT2D eigenvalue weighted by atomic mass is 10.0. The molecule has 1 amide bonds. The van der Waals surface area contributed by atoms with E-state index in [4.69, 9.17) is 27.4 Å². The van der Waals surface area contributed by atoms with Crippen LogP contribution in [0.4, 0.5) is 5.69 Å². The van der Waals surface area contributed by atoms with Gasteiger partial charge in [-0.1, -0.05) is 18.3 Å². The van der Waals surface area contributed by atoms with Crippen molar-refractivity contribution in [2.45, 2.75) is 12.8 Å². The Balaban J connectivity index is 1.93. The van der Waals surface area contributed by atoms with Crippen LogP contribution in [0.3, 0.4) is 0 Å². The zero-order chi connectivity index (χ0) is 14.4. The third-order valence-corrected chi connectivity index (χ3v) is 3.13. The molecule has 1 unspecified atom stereocenters. The minimum absolute atomic E-state index is 0.0174. The Bertz CT molecular complexity index is 487. The first kappa shape index (κ1) is 14.7. The molecule has 1 aromatic carbocycles. The number of benzene rings is 1. The minimum atomic E-state index is -0.0788. The van der Waals surface area contributed by atoms with Gasteiger partial charge in [-0.25, -0.2) is 0 Å². The van der Waals surface area contributed by atoms with Gasteiger partial charge in [0.2, 0.25) is 5.91 Å². The number of nitrogens with two attached hydrogens (primary N) is 1. The van der Waals surface area contributed by atoms with Crippen molar-refractivity contribution in [3.8, 4) is 5.75 Å². The summed E-state index contributed by atoms with van der Waals surface area (Å²) in [5, 5.41) is 2.88. The van der Waals surface area contributed by atoms with Crippen molar-refractivity contribution in [2.75, 3.05) is 25.1 Å². The molecule has 1 heterocycles. The van der Waals surface area contributed by atoms with Crippen molar-refractivity contribution < 1.29 is 14.3 Å². The highest BCUT2D eigenvalue weighted by Gasteiger charge is 2.21. The van der Waals surface area contributed by atoms with Crippen LogP contribution in [-0.2, 0) is 9.53 Å². The van der Waals surface area contributed by atoms with Crippen molar-refractivity contribution in [3.63, 3.8) is 0 Å². The molecular formula is C14H18N2O3S. The average Bonchev–Trinajstić information content (AvgIpc) is 2.46. The summed E-state index contributed by atoms with van der Waals surface area (Å²) in [7, 11) is 0. The van der Waals surface area contributed by atoms with Crippen molar-refractivity contribution in [2.24, 2.45) is 11.7 Å². The fraction of sp³-hybridized carbons (Fsp3) is 0.429. The first-order valence-electron chi connectivity index (χ1n) is 6.55. The van der Waals surface area contributed by atoms with Gasteiger partial charge in [0.15, 0.2) is 0 Å². The number of rotatable bonds is 5. The van der Waals surface area contributed by atoms with E-state index >= 15 is 0 Å². The van der Waals surface area contributed by atoms with Crippen LogP contribution in [0.25, 0.3) is 0 Å². The van der Waals surface area contributed by atoms with Gasteiger partial charge in [0.1, 0.15) is 17.3 Å². The number of nitrogens with one attached hydrogen (secondary N) is 1. The summed E-state index contributed by atoms with van der Waals surface area (Å²) in [5.41, 5.74) is 6.07. The highest BCUT2D eigenvalue weighted by Crippen LogP contribution is 2.20. The molecule has 1 aliphatic rings. The lowest BCUT2D eigenvalue weighted by molar-refractivity contribution is -0.123. The lowest BCUT2D eigenvalue weighted by Crippen LogP contribution is -2.30. The lowest BCUT2D eigenvalue weighted by Gasteiger charge is -2.21. The first-order chi connectivity index (χ1) is 9.65. The summed E-state index contributed by atoms with van der Waals surface area (Å²) in [6.45, 7) is 1.42. The van der Waals surface area contributed by atoms with Gasteiger partial charge in [0.25, 0.3) is 0 Å². The molecule has 6 heteroatoms. The summed E-state index contributed by atoms with van der Waals surface area (Å²) in [4.78, 5) is 12.4. The molecule has 1 atom stereocenters. The van der Waals surface area contributed by atoms with Gasteiger partial charge in [-0.15, -0.1) is 0 Å². The maximum Gasteiger partial charge on any atom is 0.229 e. The van der Waals surface area contributed by atoms with Crippen LogP contribution in [0, 0.1) is 5.92 Å². The quantitative estimate of drug-likeness (QED) is 0.809. The minimum Gasteiger partial charge on any atom is -0.486 e. The van der Waals surface area contributed by atoms with E-state index in [1.54, 1.807) is 12.1 Å². The normalized spacial score (nSPS) is 18.3. The molecule has 0 aliphatic carbocycles. The molecule has 0 saturated carbocycles. The number of anilines is 1. The Labute approximate surface area is 123 Å². The number of amides is 1. The van der Waals surface area contributed by atoms with Gasteiger partial charge in [0, 0.05) is 18.4 Å².